The molecule has 1 aromatic carbocycles. The van der Waals surface area contributed by atoms with Crippen LogP contribution in [0.3, 0.4) is 0 Å². The maximum atomic E-state index is 13.1. The first-order chi connectivity index (χ1) is 15.4. The number of anilines is 1. The number of benzene rings is 1. The van der Waals surface area contributed by atoms with Crippen LogP contribution in [0.15, 0.2) is 47.1 Å². The molecule has 2 amide bonds. The topological polar surface area (TPSA) is 115 Å². The van der Waals surface area contributed by atoms with Gasteiger partial charge in [0.25, 0.3) is 5.91 Å². The largest absolute Gasteiger partial charge is 0.459 e. The minimum Gasteiger partial charge on any atom is -0.459 e. The van der Waals surface area contributed by atoms with E-state index in [0.717, 1.165) is 5.69 Å². The van der Waals surface area contributed by atoms with Crippen molar-refractivity contribution in [3.8, 4) is 0 Å². The van der Waals surface area contributed by atoms with Gasteiger partial charge in [0.05, 0.1) is 18.8 Å². The molecule has 0 saturated carbocycles. The first-order valence-electron chi connectivity index (χ1n) is 10.5. The summed E-state index contributed by atoms with van der Waals surface area (Å²) in [5.41, 5.74) is 0.899. The van der Waals surface area contributed by atoms with Crippen LogP contribution < -0.4 is 10.2 Å². The molecule has 0 aliphatic carbocycles. The Labute approximate surface area is 184 Å². The van der Waals surface area contributed by atoms with Crippen molar-refractivity contribution >= 4 is 17.5 Å². The molecule has 172 valence electrons. The third kappa shape index (κ3) is 4.93. The zero-order chi connectivity index (χ0) is 22.7. The summed E-state index contributed by atoms with van der Waals surface area (Å²) in [6.07, 6.45) is -2.85. The Hall–Kier alpha value is -2.95. The number of aliphatic hydroxyl groups is 2. The highest BCUT2D eigenvalue weighted by atomic mass is 19.1. The summed E-state index contributed by atoms with van der Waals surface area (Å²) in [5.74, 6) is -0.803. The molecular formula is C22H26FN3O6. The van der Waals surface area contributed by atoms with Crippen LogP contribution >= 0.6 is 0 Å². The summed E-state index contributed by atoms with van der Waals surface area (Å²) in [7, 11) is 0. The highest BCUT2D eigenvalue weighted by Gasteiger charge is 2.44. The lowest BCUT2D eigenvalue weighted by Gasteiger charge is -2.36. The molecule has 2 aliphatic heterocycles. The van der Waals surface area contributed by atoms with Gasteiger partial charge >= 0.3 is 0 Å². The number of carbonyl (C=O) groups excluding carboxylic acids is 2. The molecular weight excluding hydrogens is 421 g/mol. The lowest BCUT2D eigenvalue weighted by molar-refractivity contribution is -0.135. The van der Waals surface area contributed by atoms with E-state index in [9.17, 15) is 24.2 Å². The van der Waals surface area contributed by atoms with Gasteiger partial charge in [-0.3, -0.25) is 9.59 Å². The molecule has 4 rings (SSSR count). The number of nitrogens with zero attached hydrogens (tertiary/aromatic N) is 2. The molecule has 1 aromatic heterocycles. The highest BCUT2D eigenvalue weighted by Crippen LogP contribution is 2.25. The van der Waals surface area contributed by atoms with E-state index in [1.54, 1.807) is 23.1 Å². The zero-order valence-electron chi connectivity index (χ0n) is 17.4. The summed E-state index contributed by atoms with van der Waals surface area (Å²) in [6, 6.07) is 9.33. The molecule has 3 N–H and O–H groups in total. The Kier molecular flexibility index (Phi) is 6.73. The first kappa shape index (κ1) is 22.3. The van der Waals surface area contributed by atoms with Gasteiger partial charge in [-0.2, -0.15) is 0 Å². The number of hydrogen-bond acceptors (Lipinski definition) is 7. The van der Waals surface area contributed by atoms with Crippen LogP contribution in [-0.2, 0) is 9.53 Å². The number of carbonyl (C=O) groups is 2. The molecule has 4 unspecified atom stereocenters. The van der Waals surface area contributed by atoms with Crippen LogP contribution in [0.5, 0.6) is 0 Å². The van der Waals surface area contributed by atoms with Crippen molar-refractivity contribution in [2.45, 2.75) is 30.8 Å². The summed E-state index contributed by atoms with van der Waals surface area (Å²) >= 11 is 0. The smallest absolute Gasteiger partial charge is 0.287 e. The van der Waals surface area contributed by atoms with Gasteiger partial charge in [-0.05, 0) is 36.4 Å². The lowest BCUT2D eigenvalue weighted by Crippen LogP contribution is -2.49. The maximum absolute atomic E-state index is 13.1. The van der Waals surface area contributed by atoms with Crippen molar-refractivity contribution in [1.82, 2.24) is 10.2 Å². The van der Waals surface area contributed by atoms with Crippen LogP contribution in [0.1, 0.15) is 17.0 Å². The minimum absolute atomic E-state index is 0.0290. The maximum Gasteiger partial charge on any atom is 0.287 e. The zero-order valence-corrected chi connectivity index (χ0v) is 17.4. The van der Waals surface area contributed by atoms with Gasteiger partial charge in [0, 0.05) is 38.4 Å². The predicted octanol–water partition coefficient (Wildman–Crippen LogP) is 0.377. The fourth-order valence-corrected chi connectivity index (χ4v) is 4.02. The Morgan fingerprint density at radius 3 is 2.38 bits per heavy atom. The van der Waals surface area contributed by atoms with E-state index in [4.69, 9.17) is 9.15 Å². The van der Waals surface area contributed by atoms with Crippen molar-refractivity contribution in [1.29, 1.82) is 0 Å². The number of hydrogen-bond donors (Lipinski definition) is 3. The average Bonchev–Trinajstić information content (AvgIpc) is 3.43. The number of amides is 2. The standard InChI is InChI=1S/C22H26FN3O6/c23-14-3-5-15(6-4-14)25-7-9-26(10-8-25)19(27)12-17-20(28)21(29)18(32-17)13-24-22(30)16-2-1-11-31-16/h1-6,11,17-18,20-21,28-29H,7-10,12-13H2,(H,24,30). The van der Waals surface area contributed by atoms with Crippen LogP contribution in [0.25, 0.3) is 0 Å². The second kappa shape index (κ2) is 9.68. The van der Waals surface area contributed by atoms with Crippen LogP contribution in [0.4, 0.5) is 10.1 Å². The van der Waals surface area contributed by atoms with Crippen molar-refractivity contribution in [3.63, 3.8) is 0 Å². The highest BCUT2D eigenvalue weighted by molar-refractivity contribution is 5.91. The normalized spacial score (nSPS) is 25.7. The van der Waals surface area contributed by atoms with Gasteiger partial charge in [-0.1, -0.05) is 0 Å². The molecule has 9 nitrogen and oxygen atoms in total. The van der Waals surface area contributed by atoms with Crippen molar-refractivity contribution in [2.24, 2.45) is 0 Å². The minimum atomic E-state index is -1.23. The number of furan rings is 1. The summed E-state index contributed by atoms with van der Waals surface area (Å²) < 4.78 is 23.8. The number of nitrogens with one attached hydrogen (secondary N) is 1. The first-order valence-corrected chi connectivity index (χ1v) is 10.5. The fraction of sp³-hybridized carbons (Fsp3) is 0.455. The number of halogens is 1. The Morgan fingerprint density at radius 2 is 1.72 bits per heavy atom. The van der Waals surface area contributed by atoms with E-state index < -0.39 is 30.3 Å². The van der Waals surface area contributed by atoms with Crippen molar-refractivity contribution in [2.75, 3.05) is 37.6 Å². The van der Waals surface area contributed by atoms with E-state index in [1.165, 1.54) is 24.5 Å². The van der Waals surface area contributed by atoms with E-state index in [1.807, 2.05) is 0 Å². The number of piperazine rings is 1. The molecule has 2 aliphatic rings. The lowest BCUT2D eigenvalue weighted by atomic mass is 10.0. The number of rotatable bonds is 6. The second-order valence-corrected chi connectivity index (χ2v) is 7.93. The van der Waals surface area contributed by atoms with E-state index >= 15 is 0 Å². The third-order valence-electron chi connectivity index (χ3n) is 5.87. The Bertz CT molecular complexity index is 914. The van der Waals surface area contributed by atoms with Gasteiger partial charge in [0.15, 0.2) is 5.76 Å². The molecule has 2 aromatic rings. The van der Waals surface area contributed by atoms with Crippen LogP contribution in [0.2, 0.25) is 0 Å². The van der Waals surface area contributed by atoms with Crippen LogP contribution in [0, 0.1) is 5.82 Å². The summed E-state index contributed by atoms with van der Waals surface area (Å²) in [5, 5.41) is 23.2. The van der Waals surface area contributed by atoms with Crippen molar-refractivity contribution in [3.05, 3.63) is 54.2 Å². The monoisotopic (exact) mass is 447 g/mol. The number of ether oxygens (including phenoxy) is 1. The fourth-order valence-electron chi connectivity index (χ4n) is 4.02. The molecule has 32 heavy (non-hydrogen) atoms. The number of aliphatic hydroxyl groups excluding tert-OH is 2. The van der Waals surface area contributed by atoms with Gasteiger partial charge in [-0.25, -0.2) is 4.39 Å². The molecule has 2 saturated heterocycles. The van der Waals surface area contributed by atoms with Gasteiger partial charge in [-0.15, -0.1) is 0 Å². The Morgan fingerprint density at radius 1 is 1.03 bits per heavy atom. The molecule has 3 heterocycles. The quantitative estimate of drug-likeness (QED) is 0.586. The Balaban J connectivity index is 1.25. The van der Waals surface area contributed by atoms with Gasteiger partial charge in [0.2, 0.25) is 5.91 Å². The van der Waals surface area contributed by atoms with E-state index in [0.29, 0.717) is 26.2 Å². The second-order valence-electron chi connectivity index (χ2n) is 7.93. The SMILES string of the molecule is O=C(NCC1OC(CC(=O)N2CCN(c3ccc(F)cc3)CC2)C(O)C1O)c1ccco1. The van der Waals surface area contributed by atoms with Crippen LogP contribution in [-0.4, -0.2) is 84.1 Å². The van der Waals surface area contributed by atoms with Crippen molar-refractivity contribution < 1.29 is 33.3 Å². The van der Waals surface area contributed by atoms with E-state index in [2.05, 4.69) is 10.2 Å². The molecule has 2 fully saturated rings. The summed E-state index contributed by atoms with van der Waals surface area (Å²) in [6.45, 7) is 2.16. The third-order valence-corrected chi connectivity index (χ3v) is 5.87. The molecule has 4 atom stereocenters. The summed E-state index contributed by atoms with van der Waals surface area (Å²) in [4.78, 5) is 28.5. The average molecular weight is 447 g/mol. The van der Waals surface area contributed by atoms with Gasteiger partial charge in [0.1, 0.15) is 24.1 Å². The van der Waals surface area contributed by atoms with Gasteiger partial charge < -0.3 is 34.5 Å². The molecule has 0 bridgehead atoms. The predicted molar refractivity (Wildman–Crippen MR) is 112 cm³/mol. The molecule has 10 heteroatoms. The molecule has 0 spiro atoms. The van der Waals surface area contributed by atoms with E-state index in [-0.39, 0.29) is 30.5 Å². The molecule has 0 radical (unpaired) electrons.